The molecule has 2 N–H and O–H groups in total. The van der Waals surface area contributed by atoms with E-state index in [1.807, 2.05) is 42.7 Å². The van der Waals surface area contributed by atoms with Crippen molar-refractivity contribution < 1.29 is 19.1 Å². The van der Waals surface area contributed by atoms with Crippen LogP contribution in [0.25, 0.3) is 5.69 Å². The minimum atomic E-state index is -0.629. The number of rotatable bonds is 5. The normalized spacial score (nSPS) is 11.9. The molecule has 3 amide bonds. The molecule has 3 aromatic rings. The van der Waals surface area contributed by atoms with Gasteiger partial charge in [0.05, 0.1) is 5.75 Å². The fourth-order valence-electron chi connectivity index (χ4n) is 2.93. The van der Waals surface area contributed by atoms with Gasteiger partial charge in [0, 0.05) is 17.4 Å². The molecule has 1 aromatic heterocycles. The monoisotopic (exact) mass is 425 g/mol. The number of anilines is 1. The number of fused-ring (bicyclic) bond motifs is 1. The van der Waals surface area contributed by atoms with Gasteiger partial charge in [0.1, 0.15) is 5.82 Å². The lowest BCUT2D eigenvalue weighted by molar-refractivity contribution is -0.117. The van der Waals surface area contributed by atoms with Crippen LogP contribution in [0.3, 0.4) is 0 Å². The van der Waals surface area contributed by atoms with Gasteiger partial charge >= 0.3 is 6.03 Å². The third-order valence-electron chi connectivity index (χ3n) is 4.27. The number of thioether (sulfide) groups is 1. The van der Waals surface area contributed by atoms with Crippen molar-refractivity contribution in [3.63, 3.8) is 0 Å². The molecule has 0 bridgehead atoms. The highest BCUT2D eigenvalue weighted by Gasteiger charge is 2.17. The molecule has 2 aromatic carbocycles. The van der Waals surface area contributed by atoms with Gasteiger partial charge in [0.25, 0.3) is 0 Å². The Kier molecular flexibility index (Phi) is 5.57. The highest BCUT2D eigenvalue weighted by atomic mass is 32.2. The fourth-order valence-corrected chi connectivity index (χ4v) is 3.73. The van der Waals surface area contributed by atoms with E-state index in [1.165, 1.54) is 11.8 Å². The number of aryl methyl sites for hydroxylation is 2. The zero-order valence-electron chi connectivity index (χ0n) is 16.3. The van der Waals surface area contributed by atoms with Crippen LogP contribution in [-0.2, 0) is 4.79 Å². The summed E-state index contributed by atoms with van der Waals surface area (Å²) in [7, 11) is 0. The predicted molar refractivity (Wildman–Crippen MR) is 111 cm³/mol. The molecule has 0 saturated carbocycles. The van der Waals surface area contributed by atoms with E-state index >= 15 is 0 Å². The van der Waals surface area contributed by atoms with Crippen molar-refractivity contribution in [1.29, 1.82) is 0 Å². The molecule has 0 saturated heterocycles. The molecule has 10 heteroatoms. The molecule has 0 atom stereocenters. The molecule has 0 fully saturated rings. The smallest absolute Gasteiger partial charge is 0.325 e. The number of benzene rings is 2. The van der Waals surface area contributed by atoms with Crippen molar-refractivity contribution in [2.75, 3.05) is 17.9 Å². The number of imide groups is 1. The Hall–Kier alpha value is -3.53. The Morgan fingerprint density at radius 3 is 2.77 bits per heavy atom. The number of carbonyl (C=O) groups excluding carboxylic acids is 2. The van der Waals surface area contributed by atoms with Crippen LogP contribution in [0, 0.1) is 13.8 Å². The first-order chi connectivity index (χ1) is 14.5. The van der Waals surface area contributed by atoms with E-state index in [0.29, 0.717) is 28.2 Å². The topological polar surface area (TPSA) is 107 Å². The number of carbonyl (C=O) groups is 2. The molecule has 1 aliphatic rings. The summed E-state index contributed by atoms with van der Waals surface area (Å²) in [5.41, 5.74) is 2.52. The number of nitrogens with zero attached hydrogens (tertiary/aromatic N) is 3. The Morgan fingerprint density at radius 2 is 1.93 bits per heavy atom. The number of ether oxygens (including phenoxy) is 2. The van der Waals surface area contributed by atoms with Gasteiger partial charge in [-0.2, -0.15) is 0 Å². The molecule has 4 rings (SSSR count). The van der Waals surface area contributed by atoms with Gasteiger partial charge in [-0.15, -0.1) is 10.2 Å². The van der Waals surface area contributed by atoms with E-state index in [2.05, 4.69) is 20.8 Å². The summed E-state index contributed by atoms with van der Waals surface area (Å²) in [6.07, 6.45) is 0. The van der Waals surface area contributed by atoms with Crippen LogP contribution in [-0.4, -0.2) is 39.2 Å². The highest BCUT2D eigenvalue weighted by molar-refractivity contribution is 7.99. The van der Waals surface area contributed by atoms with Gasteiger partial charge < -0.3 is 14.8 Å². The second-order valence-corrected chi connectivity index (χ2v) is 7.51. The molecule has 0 radical (unpaired) electrons. The maximum absolute atomic E-state index is 12.2. The van der Waals surface area contributed by atoms with Gasteiger partial charge in [-0.3, -0.25) is 14.7 Å². The summed E-state index contributed by atoms with van der Waals surface area (Å²) in [4.78, 5) is 24.3. The van der Waals surface area contributed by atoms with Gasteiger partial charge in [-0.25, -0.2) is 4.79 Å². The van der Waals surface area contributed by atoms with Crippen LogP contribution in [0.4, 0.5) is 10.5 Å². The average Bonchev–Trinajstić information content (AvgIpc) is 3.32. The molecule has 2 heterocycles. The molecule has 1 aliphatic heterocycles. The van der Waals surface area contributed by atoms with Crippen LogP contribution < -0.4 is 20.1 Å². The maximum atomic E-state index is 12.2. The van der Waals surface area contributed by atoms with Gasteiger partial charge in [-0.05, 0) is 43.7 Å². The molecule has 0 unspecified atom stereocenters. The first kappa shape index (κ1) is 19.8. The molecule has 154 valence electrons. The van der Waals surface area contributed by atoms with E-state index in [0.717, 1.165) is 11.3 Å². The van der Waals surface area contributed by atoms with Gasteiger partial charge in [0.15, 0.2) is 16.7 Å². The maximum Gasteiger partial charge on any atom is 0.325 e. The van der Waals surface area contributed by atoms with Crippen LogP contribution in [0.5, 0.6) is 11.5 Å². The van der Waals surface area contributed by atoms with E-state index < -0.39 is 11.9 Å². The van der Waals surface area contributed by atoms with E-state index in [4.69, 9.17) is 9.47 Å². The molecule has 0 aliphatic carbocycles. The molecule has 0 spiro atoms. The first-order valence-corrected chi connectivity index (χ1v) is 10.1. The third kappa shape index (κ3) is 4.38. The van der Waals surface area contributed by atoms with Crippen LogP contribution in [0.2, 0.25) is 0 Å². The molecular formula is C20H19N5O4S. The Morgan fingerprint density at radius 1 is 1.10 bits per heavy atom. The van der Waals surface area contributed by atoms with Gasteiger partial charge in [0.2, 0.25) is 12.7 Å². The number of hydrogen-bond acceptors (Lipinski definition) is 7. The first-order valence-electron chi connectivity index (χ1n) is 9.12. The molecule has 9 nitrogen and oxygen atoms in total. The number of amides is 3. The number of urea groups is 1. The van der Waals surface area contributed by atoms with Gasteiger partial charge in [-0.1, -0.05) is 23.9 Å². The fraction of sp³-hybridized carbons (Fsp3) is 0.200. The summed E-state index contributed by atoms with van der Waals surface area (Å²) in [5, 5.41) is 13.7. The Labute approximate surface area is 176 Å². The summed E-state index contributed by atoms with van der Waals surface area (Å²) >= 11 is 1.20. The quantitative estimate of drug-likeness (QED) is 0.605. The lowest BCUT2D eigenvalue weighted by atomic mass is 10.2. The zero-order valence-corrected chi connectivity index (χ0v) is 17.2. The molecular weight excluding hydrogens is 406 g/mol. The summed E-state index contributed by atoms with van der Waals surface area (Å²) < 4.78 is 12.4. The van der Waals surface area contributed by atoms with Crippen molar-refractivity contribution in [3.8, 4) is 17.2 Å². The van der Waals surface area contributed by atoms with E-state index in [9.17, 15) is 9.59 Å². The second kappa shape index (κ2) is 8.46. The van der Waals surface area contributed by atoms with Crippen LogP contribution >= 0.6 is 11.8 Å². The largest absolute Gasteiger partial charge is 0.454 e. The minimum absolute atomic E-state index is 0.0124. The standard InChI is InChI=1S/C20H19N5O4S/c1-12-4-3-5-15(8-12)25-13(2)23-24-20(25)30-10-18(26)22-19(27)21-14-6-7-16-17(9-14)29-11-28-16/h3-9H,10-11H2,1-2H3,(H2,21,22,26,27). The van der Waals surface area contributed by atoms with Crippen molar-refractivity contribution in [2.45, 2.75) is 19.0 Å². The van der Waals surface area contributed by atoms with Crippen LogP contribution in [0.1, 0.15) is 11.4 Å². The molecule has 30 heavy (non-hydrogen) atoms. The lowest BCUT2D eigenvalue weighted by Crippen LogP contribution is -2.35. The Bertz CT molecular complexity index is 1110. The number of hydrogen-bond donors (Lipinski definition) is 2. The third-order valence-corrected chi connectivity index (χ3v) is 5.20. The number of nitrogens with one attached hydrogen (secondary N) is 2. The summed E-state index contributed by atoms with van der Waals surface area (Å²) in [5.74, 6) is 1.43. The highest BCUT2D eigenvalue weighted by Crippen LogP contribution is 2.34. The zero-order chi connectivity index (χ0) is 21.1. The average molecular weight is 425 g/mol. The number of aromatic nitrogens is 3. The van der Waals surface area contributed by atoms with E-state index in [-0.39, 0.29) is 12.5 Å². The summed E-state index contributed by atoms with van der Waals surface area (Å²) in [6.45, 7) is 3.99. The summed E-state index contributed by atoms with van der Waals surface area (Å²) in [6, 6.07) is 12.3. The minimum Gasteiger partial charge on any atom is -0.454 e. The second-order valence-electron chi connectivity index (χ2n) is 6.56. The van der Waals surface area contributed by atoms with Crippen molar-refractivity contribution in [3.05, 3.63) is 53.9 Å². The van der Waals surface area contributed by atoms with E-state index in [1.54, 1.807) is 18.2 Å². The Balaban J connectivity index is 1.35. The lowest BCUT2D eigenvalue weighted by Gasteiger charge is -2.09. The predicted octanol–water partition coefficient (Wildman–Crippen LogP) is 3.05. The van der Waals surface area contributed by atoms with Crippen molar-refractivity contribution >= 4 is 29.4 Å². The van der Waals surface area contributed by atoms with Crippen molar-refractivity contribution in [1.82, 2.24) is 20.1 Å². The SMILES string of the molecule is Cc1cccc(-n2c(C)nnc2SCC(=O)NC(=O)Nc2ccc3c(c2)OCO3)c1. The van der Waals surface area contributed by atoms with Crippen molar-refractivity contribution in [2.24, 2.45) is 0 Å². The van der Waals surface area contributed by atoms with Crippen LogP contribution in [0.15, 0.2) is 47.6 Å².